The van der Waals surface area contributed by atoms with Crippen LogP contribution in [0.4, 0.5) is 15.3 Å². The number of carbonyl (C=O) groups is 2. The number of piperazine rings is 1. The molecule has 1 N–H and O–H groups in total. The normalized spacial score (nSPS) is 18.4. The predicted octanol–water partition coefficient (Wildman–Crippen LogP) is 2.17. The lowest BCUT2D eigenvalue weighted by molar-refractivity contribution is 0.0934. The van der Waals surface area contributed by atoms with Gasteiger partial charge in [0, 0.05) is 45.0 Å². The molecule has 1 aromatic carbocycles. The summed E-state index contributed by atoms with van der Waals surface area (Å²) in [4.78, 5) is 27.5. The minimum atomic E-state index is -3.66. The molecule has 3 rings (SSSR count). The minimum Gasteiger partial charge on any atom is -0.450 e. The molecule has 2 aliphatic rings. The van der Waals surface area contributed by atoms with Crippen LogP contribution in [0.1, 0.15) is 26.2 Å². The van der Waals surface area contributed by atoms with Gasteiger partial charge in [0.1, 0.15) is 0 Å². The van der Waals surface area contributed by atoms with E-state index in [1.165, 1.54) is 21.3 Å². The highest BCUT2D eigenvalue weighted by Crippen LogP contribution is 2.21. The second kappa shape index (κ2) is 9.45. The van der Waals surface area contributed by atoms with Gasteiger partial charge in [-0.15, -0.1) is 0 Å². The van der Waals surface area contributed by atoms with Crippen molar-refractivity contribution in [1.29, 1.82) is 0 Å². The Morgan fingerprint density at radius 3 is 2.14 bits per heavy atom. The Balaban J connectivity index is 1.58. The molecule has 1 aromatic rings. The van der Waals surface area contributed by atoms with E-state index in [9.17, 15) is 18.0 Å². The van der Waals surface area contributed by atoms with Gasteiger partial charge in [0.05, 0.1) is 11.5 Å². The highest BCUT2D eigenvalue weighted by atomic mass is 32.2. The van der Waals surface area contributed by atoms with Gasteiger partial charge in [-0.3, -0.25) is 0 Å². The minimum absolute atomic E-state index is 0.157. The van der Waals surface area contributed by atoms with Gasteiger partial charge >= 0.3 is 12.1 Å². The molecular weight excluding hydrogens is 396 g/mol. The lowest BCUT2D eigenvalue weighted by Crippen LogP contribution is -2.50. The summed E-state index contributed by atoms with van der Waals surface area (Å²) in [6.07, 6.45) is 2.74. The van der Waals surface area contributed by atoms with Crippen molar-refractivity contribution < 1.29 is 22.7 Å². The smallest absolute Gasteiger partial charge is 0.409 e. The first-order valence-corrected chi connectivity index (χ1v) is 11.4. The van der Waals surface area contributed by atoms with E-state index in [2.05, 4.69) is 5.32 Å². The van der Waals surface area contributed by atoms with Gasteiger partial charge in [-0.1, -0.05) is 0 Å². The number of benzene rings is 1. The van der Waals surface area contributed by atoms with Crippen molar-refractivity contribution in [3.05, 3.63) is 24.3 Å². The molecular formula is C19H28N4O5S. The van der Waals surface area contributed by atoms with Crippen LogP contribution in [0.5, 0.6) is 0 Å². The van der Waals surface area contributed by atoms with E-state index < -0.39 is 16.1 Å². The molecule has 0 unspecified atom stereocenters. The van der Waals surface area contributed by atoms with Gasteiger partial charge in [-0.25, -0.2) is 18.0 Å². The lowest BCUT2D eigenvalue weighted by atomic mass is 10.1. The molecule has 2 saturated heterocycles. The molecule has 0 bridgehead atoms. The highest BCUT2D eigenvalue weighted by molar-refractivity contribution is 7.89. The summed E-state index contributed by atoms with van der Waals surface area (Å²) in [5, 5.41) is 2.82. The summed E-state index contributed by atoms with van der Waals surface area (Å²) in [6, 6.07) is 6.04. The fraction of sp³-hybridized carbons (Fsp3) is 0.579. The SMILES string of the molecule is CCOC(=O)N1CCN(S(=O)(=O)c2ccc(NC(=O)N3CCCCC3)cc2)CC1. The fourth-order valence-electron chi connectivity index (χ4n) is 3.48. The largest absolute Gasteiger partial charge is 0.450 e. The summed E-state index contributed by atoms with van der Waals surface area (Å²) < 4.78 is 32.1. The first-order valence-electron chi connectivity index (χ1n) is 9.99. The number of anilines is 1. The Morgan fingerprint density at radius 2 is 1.55 bits per heavy atom. The number of nitrogens with zero attached hydrogens (tertiary/aromatic N) is 3. The van der Waals surface area contributed by atoms with Gasteiger partial charge in [-0.2, -0.15) is 4.31 Å². The van der Waals surface area contributed by atoms with E-state index in [0.717, 1.165) is 32.4 Å². The average Bonchev–Trinajstić information content (AvgIpc) is 2.75. The number of piperidine rings is 1. The van der Waals surface area contributed by atoms with E-state index >= 15 is 0 Å². The zero-order chi connectivity index (χ0) is 20.9. The van der Waals surface area contributed by atoms with Crippen LogP contribution in [0.2, 0.25) is 0 Å². The number of ether oxygens (including phenoxy) is 1. The fourth-order valence-corrected chi connectivity index (χ4v) is 4.91. The maximum Gasteiger partial charge on any atom is 0.409 e. The molecule has 29 heavy (non-hydrogen) atoms. The number of likely N-dealkylation sites (tertiary alicyclic amines) is 1. The molecule has 2 heterocycles. The number of hydrogen-bond acceptors (Lipinski definition) is 5. The molecule has 0 saturated carbocycles. The molecule has 0 aliphatic carbocycles. The predicted molar refractivity (Wildman–Crippen MR) is 108 cm³/mol. The van der Waals surface area contributed by atoms with Crippen LogP contribution in [0, 0.1) is 0 Å². The molecule has 10 heteroatoms. The monoisotopic (exact) mass is 424 g/mol. The Labute approximate surface area is 171 Å². The third-order valence-electron chi connectivity index (χ3n) is 5.15. The Bertz CT molecular complexity index is 814. The van der Waals surface area contributed by atoms with Crippen molar-refractivity contribution in [1.82, 2.24) is 14.1 Å². The summed E-state index contributed by atoms with van der Waals surface area (Å²) in [5.41, 5.74) is 0.562. The molecule has 2 aliphatic heterocycles. The highest BCUT2D eigenvalue weighted by Gasteiger charge is 2.30. The number of nitrogens with one attached hydrogen (secondary N) is 1. The number of amides is 3. The van der Waals surface area contributed by atoms with E-state index in [1.54, 1.807) is 24.0 Å². The molecule has 160 valence electrons. The number of hydrogen-bond donors (Lipinski definition) is 1. The number of sulfonamides is 1. The van der Waals surface area contributed by atoms with E-state index in [1.807, 2.05) is 0 Å². The topological polar surface area (TPSA) is 99.3 Å². The van der Waals surface area contributed by atoms with Crippen LogP contribution in [0.25, 0.3) is 0 Å². The second-order valence-electron chi connectivity index (χ2n) is 7.09. The average molecular weight is 425 g/mol. The van der Waals surface area contributed by atoms with Gasteiger partial charge in [0.25, 0.3) is 0 Å². The lowest BCUT2D eigenvalue weighted by Gasteiger charge is -2.33. The zero-order valence-corrected chi connectivity index (χ0v) is 17.5. The number of urea groups is 1. The van der Waals surface area contributed by atoms with Crippen molar-refractivity contribution in [2.45, 2.75) is 31.1 Å². The van der Waals surface area contributed by atoms with Gasteiger partial charge < -0.3 is 19.9 Å². The molecule has 3 amide bonds. The van der Waals surface area contributed by atoms with Crippen LogP contribution < -0.4 is 5.32 Å². The second-order valence-corrected chi connectivity index (χ2v) is 9.03. The van der Waals surface area contributed by atoms with Crippen LogP contribution in [0.3, 0.4) is 0 Å². The van der Waals surface area contributed by atoms with Crippen LogP contribution in [-0.4, -0.2) is 80.5 Å². The third kappa shape index (κ3) is 5.18. The summed E-state index contributed by atoms with van der Waals surface area (Å²) >= 11 is 0. The van der Waals surface area contributed by atoms with Crippen LogP contribution in [0.15, 0.2) is 29.2 Å². The summed E-state index contributed by atoms with van der Waals surface area (Å²) in [7, 11) is -3.66. The molecule has 2 fully saturated rings. The van der Waals surface area contributed by atoms with E-state index in [4.69, 9.17) is 4.74 Å². The molecule has 0 spiro atoms. The Hall–Kier alpha value is -2.33. The number of carbonyl (C=O) groups excluding carboxylic acids is 2. The molecule has 9 nitrogen and oxygen atoms in total. The molecule has 0 radical (unpaired) electrons. The van der Waals surface area contributed by atoms with Crippen LogP contribution in [-0.2, 0) is 14.8 Å². The summed E-state index contributed by atoms with van der Waals surface area (Å²) in [6.45, 7) is 4.54. The molecule has 0 atom stereocenters. The van der Waals surface area contributed by atoms with Crippen molar-refractivity contribution in [3.63, 3.8) is 0 Å². The van der Waals surface area contributed by atoms with E-state index in [-0.39, 0.29) is 30.6 Å². The van der Waals surface area contributed by atoms with Crippen molar-refractivity contribution in [2.75, 3.05) is 51.2 Å². The standard InChI is InChI=1S/C19H28N4O5S/c1-2-28-19(25)22-12-14-23(15-13-22)29(26,27)17-8-6-16(7-9-17)20-18(24)21-10-4-3-5-11-21/h6-9H,2-5,10-15H2,1H3,(H,20,24). The molecule has 0 aromatic heterocycles. The number of rotatable bonds is 4. The van der Waals surface area contributed by atoms with E-state index in [0.29, 0.717) is 18.8 Å². The maximum atomic E-state index is 12.9. The van der Waals surface area contributed by atoms with Crippen molar-refractivity contribution >= 4 is 27.8 Å². The zero-order valence-electron chi connectivity index (χ0n) is 16.7. The Kier molecular flexibility index (Phi) is 6.96. The van der Waals surface area contributed by atoms with Gasteiger partial charge in [-0.05, 0) is 50.5 Å². The first kappa shape index (κ1) is 21.4. The first-order chi connectivity index (χ1) is 13.9. The quantitative estimate of drug-likeness (QED) is 0.799. The Morgan fingerprint density at radius 1 is 0.931 bits per heavy atom. The third-order valence-corrected chi connectivity index (χ3v) is 7.06. The maximum absolute atomic E-state index is 12.9. The van der Waals surface area contributed by atoms with Crippen molar-refractivity contribution in [2.24, 2.45) is 0 Å². The summed E-state index contributed by atoms with van der Waals surface area (Å²) in [5.74, 6) is 0. The van der Waals surface area contributed by atoms with Crippen LogP contribution >= 0.6 is 0 Å². The van der Waals surface area contributed by atoms with Gasteiger partial charge in [0.15, 0.2) is 0 Å². The van der Waals surface area contributed by atoms with Crippen molar-refractivity contribution in [3.8, 4) is 0 Å². The van der Waals surface area contributed by atoms with Gasteiger partial charge in [0.2, 0.25) is 10.0 Å².